The van der Waals surface area contributed by atoms with Crippen molar-refractivity contribution in [3.63, 3.8) is 0 Å². The zero-order valence-electron chi connectivity index (χ0n) is 4.48. The normalized spacial score (nSPS) is 9.00. The number of alkyl halides is 1. The molecule has 0 saturated carbocycles. The molecule has 0 aromatic carbocycles. The van der Waals surface area contributed by atoms with E-state index in [1.54, 1.807) is 0 Å². The Labute approximate surface area is 59.9 Å². The van der Waals surface area contributed by atoms with Gasteiger partial charge in [0.2, 0.25) is 0 Å². The van der Waals surface area contributed by atoms with Gasteiger partial charge in [0.05, 0.1) is 0 Å². The fourth-order valence-electron chi connectivity index (χ4n) is 0.183. The maximum Gasteiger partial charge on any atom is 0.509 e. The summed E-state index contributed by atoms with van der Waals surface area (Å²) in [6.07, 6.45) is -3.41. The molecule has 0 bridgehead atoms. The highest BCUT2D eigenvalue weighted by Gasteiger charge is 2.13. The third-order valence-corrected chi connectivity index (χ3v) is 0.565. The molecule has 0 spiro atoms. The first kappa shape index (κ1) is 8.83. The standard InChI is InChI=1S/C3H3ClO6/c4-1(9-2(5)6)10-3(7)8/h1H,(H,5,6)(H,7,8). The SMILES string of the molecule is O=C(O)OC(Cl)OC(=O)O. The third kappa shape index (κ3) is 4.98. The van der Waals surface area contributed by atoms with Gasteiger partial charge in [-0.1, -0.05) is 0 Å². The summed E-state index contributed by atoms with van der Waals surface area (Å²) in [5.74, 6) is -1.81. The molecule has 0 atom stereocenters. The van der Waals surface area contributed by atoms with E-state index < -0.39 is 18.1 Å². The maximum atomic E-state index is 9.61. The Bertz CT molecular complexity index is 128. The van der Waals surface area contributed by atoms with Crippen LogP contribution in [-0.2, 0) is 9.47 Å². The lowest BCUT2D eigenvalue weighted by Crippen LogP contribution is -2.17. The molecule has 58 valence electrons. The minimum absolute atomic E-state index is 1.71. The van der Waals surface area contributed by atoms with Crippen LogP contribution in [-0.4, -0.2) is 28.3 Å². The number of ether oxygens (including phenoxy) is 2. The molecule has 0 aromatic rings. The minimum atomic E-state index is -1.81. The van der Waals surface area contributed by atoms with Crippen LogP contribution in [0.5, 0.6) is 0 Å². The van der Waals surface area contributed by atoms with Gasteiger partial charge in [-0.15, -0.1) is 0 Å². The van der Waals surface area contributed by atoms with Crippen molar-refractivity contribution in [2.24, 2.45) is 0 Å². The van der Waals surface area contributed by atoms with Crippen molar-refractivity contribution < 1.29 is 29.3 Å². The average Bonchev–Trinajstić information content (AvgIpc) is 1.58. The maximum absolute atomic E-state index is 9.61. The fourth-order valence-corrected chi connectivity index (χ4v) is 0.335. The molecular weight excluding hydrogens is 167 g/mol. The van der Waals surface area contributed by atoms with Crippen LogP contribution in [0, 0.1) is 0 Å². The molecule has 0 rings (SSSR count). The van der Waals surface area contributed by atoms with Gasteiger partial charge >= 0.3 is 18.1 Å². The first-order valence-corrected chi connectivity index (χ1v) is 2.39. The molecule has 10 heavy (non-hydrogen) atoms. The molecule has 2 N–H and O–H groups in total. The molecule has 0 radical (unpaired) electrons. The summed E-state index contributed by atoms with van der Waals surface area (Å²) < 4.78 is 7.28. The predicted octanol–water partition coefficient (Wildman–Crippen LogP) is 0.898. The lowest BCUT2D eigenvalue weighted by atomic mass is 11.2. The van der Waals surface area contributed by atoms with Crippen molar-refractivity contribution >= 4 is 23.9 Å². The summed E-state index contributed by atoms with van der Waals surface area (Å²) in [6, 6.07) is 0. The average molecular weight is 171 g/mol. The lowest BCUT2D eigenvalue weighted by molar-refractivity contribution is -0.0432. The highest BCUT2D eigenvalue weighted by Crippen LogP contribution is 2.00. The van der Waals surface area contributed by atoms with Crippen LogP contribution >= 0.6 is 11.6 Å². The molecule has 0 unspecified atom stereocenters. The Morgan fingerprint density at radius 3 is 1.70 bits per heavy atom. The van der Waals surface area contributed by atoms with Crippen molar-refractivity contribution in [1.29, 1.82) is 0 Å². The van der Waals surface area contributed by atoms with Gasteiger partial charge in [0.15, 0.2) is 0 Å². The number of rotatable bonds is 2. The van der Waals surface area contributed by atoms with E-state index >= 15 is 0 Å². The molecule has 6 nitrogen and oxygen atoms in total. The molecule has 7 heteroatoms. The van der Waals surface area contributed by atoms with E-state index in [1.165, 1.54) is 0 Å². The second-order valence-electron chi connectivity index (χ2n) is 1.04. The van der Waals surface area contributed by atoms with Crippen LogP contribution < -0.4 is 0 Å². The summed E-state index contributed by atoms with van der Waals surface area (Å²) in [5, 5.41) is 15.6. The second-order valence-corrected chi connectivity index (χ2v) is 1.40. The smallest absolute Gasteiger partial charge is 0.450 e. The minimum Gasteiger partial charge on any atom is -0.450 e. The first-order valence-electron chi connectivity index (χ1n) is 1.95. The monoisotopic (exact) mass is 170 g/mol. The van der Waals surface area contributed by atoms with Gasteiger partial charge in [0.25, 0.3) is 0 Å². The van der Waals surface area contributed by atoms with Crippen LogP contribution in [0.2, 0.25) is 0 Å². The Balaban J connectivity index is 3.53. The van der Waals surface area contributed by atoms with Gasteiger partial charge in [-0.3, -0.25) is 0 Å². The fraction of sp³-hybridized carbons (Fsp3) is 0.333. The van der Waals surface area contributed by atoms with Gasteiger partial charge in [-0.05, 0) is 11.6 Å². The van der Waals surface area contributed by atoms with Crippen molar-refractivity contribution in [2.75, 3.05) is 0 Å². The molecule has 0 aromatic heterocycles. The molecule has 0 fully saturated rings. The van der Waals surface area contributed by atoms with Crippen LogP contribution in [0.25, 0.3) is 0 Å². The van der Waals surface area contributed by atoms with Crippen molar-refractivity contribution in [3.05, 3.63) is 0 Å². The summed E-state index contributed by atoms with van der Waals surface area (Å²) in [5.41, 5.74) is 0. The molecular formula is C3H3ClO6. The van der Waals surface area contributed by atoms with Gasteiger partial charge in [0, 0.05) is 0 Å². The van der Waals surface area contributed by atoms with E-state index in [0.29, 0.717) is 0 Å². The van der Waals surface area contributed by atoms with Gasteiger partial charge in [-0.2, -0.15) is 0 Å². The Kier molecular flexibility index (Phi) is 3.34. The van der Waals surface area contributed by atoms with Crippen LogP contribution in [0.3, 0.4) is 0 Å². The Morgan fingerprint density at radius 1 is 1.20 bits per heavy atom. The van der Waals surface area contributed by atoms with E-state index in [9.17, 15) is 9.59 Å². The largest absolute Gasteiger partial charge is 0.509 e. The van der Waals surface area contributed by atoms with Crippen LogP contribution in [0.4, 0.5) is 9.59 Å². The first-order chi connectivity index (χ1) is 4.52. The lowest BCUT2D eigenvalue weighted by Gasteiger charge is -2.04. The predicted molar refractivity (Wildman–Crippen MR) is 27.9 cm³/mol. The second kappa shape index (κ2) is 3.78. The van der Waals surface area contributed by atoms with Crippen LogP contribution in [0.1, 0.15) is 0 Å². The van der Waals surface area contributed by atoms with Gasteiger partial charge in [0.1, 0.15) is 0 Å². The third-order valence-electron chi connectivity index (χ3n) is 0.387. The van der Waals surface area contributed by atoms with E-state index in [0.717, 1.165) is 0 Å². The number of hydrogen-bond donors (Lipinski definition) is 2. The zero-order chi connectivity index (χ0) is 8.15. The molecule has 0 amide bonds. The van der Waals surface area contributed by atoms with E-state index in [-0.39, 0.29) is 0 Å². The summed E-state index contributed by atoms with van der Waals surface area (Å²) in [7, 11) is 0. The number of carbonyl (C=O) groups is 2. The van der Waals surface area contributed by atoms with Gasteiger partial charge < -0.3 is 19.7 Å². The highest BCUT2D eigenvalue weighted by atomic mass is 35.5. The number of carboxylic acid groups (broad SMARTS) is 2. The van der Waals surface area contributed by atoms with Crippen molar-refractivity contribution in [1.82, 2.24) is 0 Å². The molecule has 0 aliphatic carbocycles. The Morgan fingerprint density at radius 2 is 1.50 bits per heavy atom. The van der Waals surface area contributed by atoms with Gasteiger partial charge in [-0.25, -0.2) is 9.59 Å². The quantitative estimate of drug-likeness (QED) is 0.363. The topological polar surface area (TPSA) is 93.1 Å². The molecule has 0 saturated heterocycles. The highest BCUT2D eigenvalue weighted by molar-refractivity contribution is 6.19. The van der Waals surface area contributed by atoms with Crippen molar-refractivity contribution in [2.45, 2.75) is 5.75 Å². The summed E-state index contributed by atoms with van der Waals surface area (Å²) in [6.45, 7) is 0. The van der Waals surface area contributed by atoms with Crippen molar-refractivity contribution in [3.8, 4) is 0 Å². The molecule has 0 heterocycles. The number of halogens is 1. The van der Waals surface area contributed by atoms with E-state index in [4.69, 9.17) is 21.8 Å². The summed E-state index contributed by atoms with van der Waals surface area (Å²) in [4.78, 5) is 19.2. The molecule has 0 aliphatic heterocycles. The number of hydrogen-bond acceptors (Lipinski definition) is 4. The molecule has 0 aliphatic rings. The van der Waals surface area contributed by atoms with E-state index in [1.807, 2.05) is 0 Å². The zero-order valence-corrected chi connectivity index (χ0v) is 5.24. The van der Waals surface area contributed by atoms with E-state index in [2.05, 4.69) is 9.47 Å². The van der Waals surface area contributed by atoms with Crippen LogP contribution in [0.15, 0.2) is 0 Å². The summed E-state index contributed by atoms with van der Waals surface area (Å²) >= 11 is 4.86. The Hall–Kier alpha value is -1.17.